The number of amides is 7. The number of nitrogens with zero attached hydrogens (tertiary/aromatic N) is 1. The van der Waals surface area contributed by atoms with E-state index >= 15 is 0 Å². The topological polar surface area (TPSA) is 401 Å². The second kappa shape index (κ2) is 37.7. The largest absolute Gasteiger partial charge is 0.393 e. The van der Waals surface area contributed by atoms with E-state index in [2.05, 4.69) is 49.1 Å². The maximum absolute atomic E-state index is 14.5. The Morgan fingerprint density at radius 2 is 1.19 bits per heavy atom. The van der Waals surface area contributed by atoms with Crippen molar-refractivity contribution in [3.8, 4) is 0 Å². The van der Waals surface area contributed by atoms with Gasteiger partial charge in [0, 0.05) is 37.8 Å². The van der Waals surface area contributed by atoms with E-state index in [0.29, 0.717) is 12.0 Å². The summed E-state index contributed by atoms with van der Waals surface area (Å²) in [7, 11) is 0. The molecular weight excluding hydrogens is 1000 g/mol. The molecule has 9 atom stereocenters. The van der Waals surface area contributed by atoms with E-state index in [4.69, 9.17) is 28.7 Å². The van der Waals surface area contributed by atoms with Gasteiger partial charge in [0.2, 0.25) is 41.4 Å². The highest BCUT2D eigenvalue weighted by Gasteiger charge is 2.36. The van der Waals surface area contributed by atoms with Crippen LogP contribution in [0.3, 0.4) is 0 Å². The van der Waals surface area contributed by atoms with Crippen molar-refractivity contribution >= 4 is 58.9 Å². The number of nitrogens with one attached hydrogen (secondary N) is 7. The van der Waals surface area contributed by atoms with Crippen molar-refractivity contribution in [2.24, 2.45) is 57.3 Å². The van der Waals surface area contributed by atoms with Gasteiger partial charge in [-0.2, -0.15) is 0 Å². The van der Waals surface area contributed by atoms with E-state index in [0.717, 1.165) is 32.1 Å². The molecule has 1 saturated heterocycles. The molecule has 1 aromatic rings. The van der Waals surface area contributed by atoms with Crippen LogP contribution in [0.5, 0.6) is 0 Å². The first-order chi connectivity index (χ1) is 37.1. The molecule has 0 aromatic heterocycles. The number of aliphatic hydroxyl groups excluding tert-OH is 1. The number of rotatable bonds is 28. The number of hydrogen-bond acceptors (Lipinski definition) is 14. The molecule has 23 nitrogen and oxygen atoms in total. The van der Waals surface area contributed by atoms with Gasteiger partial charge in [0.25, 0.3) is 0 Å². The predicted molar refractivity (Wildman–Crippen MR) is 299 cm³/mol. The summed E-state index contributed by atoms with van der Waals surface area (Å²) >= 11 is 0. The van der Waals surface area contributed by atoms with Gasteiger partial charge in [-0.25, -0.2) is 0 Å². The molecular formula is C55H95N13O10. The number of guanidine groups is 1. The number of carbonyl (C=O) groups excluding carboxylic acids is 9. The Morgan fingerprint density at radius 1 is 0.654 bits per heavy atom. The number of Topliss-reactive ketones (excluding diaryl/α,β-unsaturated/α-hetero) is 2. The lowest BCUT2D eigenvalue weighted by atomic mass is 9.89. The minimum Gasteiger partial charge on any atom is -0.393 e. The third-order valence-electron chi connectivity index (χ3n) is 13.5. The van der Waals surface area contributed by atoms with E-state index < -0.39 is 120 Å². The third-order valence-corrected chi connectivity index (χ3v) is 13.5. The van der Waals surface area contributed by atoms with Crippen molar-refractivity contribution in [1.29, 1.82) is 0 Å². The van der Waals surface area contributed by atoms with E-state index in [9.17, 15) is 48.3 Å². The molecule has 7 amide bonds. The second-order valence-corrected chi connectivity index (χ2v) is 21.4. The Morgan fingerprint density at radius 3 is 1.78 bits per heavy atom. The van der Waals surface area contributed by atoms with Gasteiger partial charge < -0.3 is 71.0 Å². The zero-order valence-corrected chi connectivity index (χ0v) is 47.0. The molecule has 0 unspecified atom stereocenters. The first-order valence-electron chi connectivity index (χ1n) is 28.1. The molecule has 1 aromatic carbocycles. The van der Waals surface area contributed by atoms with Crippen molar-refractivity contribution in [3.63, 3.8) is 0 Å². The summed E-state index contributed by atoms with van der Waals surface area (Å²) in [6.07, 6.45) is 3.46. The Kier molecular flexibility index (Phi) is 32.9. The van der Waals surface area contributed by atoms with Crippen LogP contribution in [0.15, 0.2) is 35.3 Å². The van der Waals surface area contributed by atoms with Crippen molar-refractivity contribution < 1.29 is 48.3 Å². The zero-order valence-electron chi connectivity index (χ0n) is 47.0. The highest BCUT2D eigenvalue weighted by molar-refractivity contribution is 5.98. The smallest absolute Gasteiger partial charge is 0.243 e. The van der Waals surface area contributed by atoms with Gasteiger partial charge in [0.1, 0.15) is 24.2 Å². The summed E-state index contributed by atoms with van der Waals surface area (Å²) in [5, 5.41) is 30.0. The molecule has 2 rings (SSSR count). The summed E-state index contributed by atoms with van der Waals surface area (Å²) in [6, 6.07) is 1.64. The van der Waals surface area contributed by atoms with Crippen molar-refractivity contribution in [2.45, 2.75) is 193 Å². The average Bonchev–Trinajstić information content (AvgIpc) is 3.37. The molecule has 1 aliphatic rings. The van der Waals surface area contributed by atoms with Crippen LogP contribution < -0.4 is 65.9 Å². The average molecular weight is 1100 g/mol. The van der Waals surface area contributed by atoms with Crippen LogP contribution in [0.25, 0.3) is 0 Å². The molecule has 0 aliphatic carbocycles. The lowest BCUT2D eigenvalue weighted by molar-refractivity contribution is -0.136. The zero-order chi connectivity index (χ0) is 58.2. The van der Waals surface area contributed by atoms with Gasteiger partial charge >= 0.3 is 0 Å². The molecule has 1 heterocycles. The first-order valence-corrected chi connectivity index (χ1v) is 28.1. The summed E-state index contributed by atoms with van der Waals surface area (Å²) in [4.78, 5) is 132. The van der Waals surface area contributed by atoms with Crippen LogP contribution in [0, 0.1) is 23.7 Å². The molecule has 23 heteroatoms. The number of benzene rings is 1. The number of carbonyl (C=O) groups is 9. The monoisotopic (exact) mass is 1100 g/mol. The molecule has 0 bridgehead atoms. The highest BCUT2D eigenvalue weighted by Crippen LogP contribution is 2.20. The molecule has 0 saturated carbocycles. The molecule has 0 spiro atoms. The Hall–Kier alpha value is -6.04. The Bertz CT molecular complexity index is 2070. The number of nitrogens with two attached hydrogens (primary N) is 5. The maximum Gasteiger partial charge on any atom is 0.243 e. The molecule has 440 valence electrons. The van der Waals surface area contributed by atoms with Gasteiger partial charge in [0.15, 0.2) is 17.5 Å². The summed E-state index contributed by atoms with van der Waals surface area (Å²) < 4.78 is 0. The fraction of sp³-hybridized carbons (Fsp3) is 0.709. The highest BCUT2D eigenvalue weighted by atomic mass is 16.3. The Labute approximate surface area is 461 Å². The second-order valence-electron chi connectivity index (χ2n) is 21.4. The van der Waals surface area contributed by atoms with Crippen LogP contribution in [0.4, 0.5) is 0 Å². The van der Waals surface area contributed by atoms with Crippen molar-refractivity contribution in [3.05, 3.63) is 35.9 Å². The fourth-order valence-corrected chi connectivity index (χ4v) is 9.27. The van der Waals surface area contributed by atoms with Gasteiger partial charge in [-0.1, -0.05) is 97.1 Å². The van der Waals surface area contributed by atoms with Crippen molar-refractivity contribution in [2.75, 3.05) is 32.7 Å². The lowest BCUT2D eigenvalue weighted by Crippen LogP contribution is -2.59. The summed E-state index contributed by atoms with van der Waals surface area (Å²) in [5.74, 6) is -8.66. The van der Waals surface area contributed by atoms with Crippen LogP contribution in [-0.4, -0.2) is 139 Å². The summed E-state index contributed by atoms with van der Waals surface area (Å²) in [6.45, 7) is 9.25. The van der Waals surface area contributed by atoms with Crippen LogP contribution in [0.1, 0.15) is 149 Å². The molecule has 18 N–H and O–H groups in total. The quantitative estimate of drug-likeness (QED) is 0.0301. The molecule has 0 radical (unpaired) electrons. The normalized spacial score (nSPS) is 22.5. The number of hydrogen-bond donors (Lipinski definition) is 13. The van der Waals surface area contributed by atoms with E-state index in [1.165, 1.54) is 0 Å². The number of ketones is 2. The fourth-order valence-electron chi connectivity index (χ4n) is 9.27. The van der Waals surface area contributed by atoms with E-state index in [1.54, 1.807) is 30.3 Å². The lowest BCUT2D eigenvalue weighted by Gasteiger charge is -2.28. The standard InChI is InChI=1S/C55H95N13O10/c1-6-7-8-9-13-17-39(69)33-48(72)63-40(19-23-56)46(70)31-37-22-27-61-51(75)44(28-34(2)3)68-52(76)42(18-14-26-62-55(59)60)65-53(77)43(21-25-58)66-54(78)45(29-35(4)5)67-50(74)38(30-36-15-11-10-12-16-36)32-47(71)41(20-24-57)64-49(37)73/h10-12,15-16,34-35,37-45,69H,6-9,13-14,17-33,56-58H2,1-5H3,(H,61,75)(H,63,72)(H,64,73)(H,65,77)(H,66,78)(H,67,74)(H,68,76)(H4,59,60,62)/t37-,38+,39-,40-,41+,42+,43+,44+,45+/m1/s1. The van der Waals surface area contributed by atoms with Gasteiger partial charge in [-0.15, -0.1) is 0 Å². The Balaban J connectivity index is 2.73. The number of aliphatic imine (C=N–C) groups is 1. The van der Waals surface area contributed by atoms with Gasteiger partial charge in [-0.3, -0.25) is 48.1 Å². The van der Waals surface area contributed by atoms with Crippen LogP contribution in [-0.2, 0) is 49.6 Å². The summed E-state index contributed by atoms with van der Waals surface area (Å²) in [5.41, 5.74) is 29.7. The third kappa shape index (κ3) is 27.0. The van der Waals surface area contributed by atoms with E-state index in [-0.39, 0.29) is 115 Å². The van der Waals surface area contributed by atoms with Gasteiger partial charge in [-0.05, 0) is 101 Å². The number of aliphatic hydroxyl groups is 1. The minimum atomic E-state index is -1.27. The van der Waals surface area contributed by atoms with Gasteiger partial charge in [0.05, 0.1) is 24.6 Å². The number of unbranched alkanes of at least 4 members (excludes halogenated alkanes) is 4. The van der Waals surface area contributed by atoms with E-state index in [1.807, 2.05) is 27.7 Å². The molecule has 1 aliphatic heterocycles. The van der Waals surface area contributed by atoms with Crippen molar-refractivity contribution in [1.82, 2.24) is 37.2 Å². The molecule has 78 heavy (non-hydrogen) atoms. The minimum absolute atomic E-state index is 0.00248. The maximum atomic E-state index is 14.5. The first kappa shape index (κ1) is 68.1. The van der Waals surface area contributed by atoms with Crippen LogP contribution >= 0.6 is 0 Å². The predicted octanol–water partition coefficient (Wildman–Crippen LogP) is 0.112. The van der Waals surface area contributed by atoms with Crippen LogP contribution in [0.2, 0.25) is 0 Å². The SMILES string of the molecule is CCCCCCC[C@@H](O)CC(=O)N[C@H](CCN)C(=O)C[C@H]1CCNC(=O)[C@H](CC(C)C)NC(=O)[C@H](CCCN=C(N)N)NC(=O)[C@H](CCN)NC(=O)[C@H](CC(C)C)NC(=O)[C@@H](Cc2ccccc2)CC(=O)[C@H](CCN)NC1=O. The molecule has 1 fully saturated rings.